The molecule has 1 amide bonds. The predicted molar refractivity (Wildman–Crippen MR) is 122 cm³/mol. The maximum atomic E-state index is 12.2. The molecule has 2 fully saturated rings. The lowest BCUT2D eigenvalue weighted by molar-refractivity contribution is -0.212. The highest BCUT2D eigenvalue weighted by Crippen LogP contribution is 2.62. The first-order valence-electron chi connectivity index (χ1n) is 11.1. The first-order chi connectivity index (χ1) is 14.3. The van der Waals surface area contributed by atoms with Crippen LogP contribution in [0.4, 0.5) is 0 Å². The second-order valence-electron chi connectivity index (χ2n) is 10.8. The molecule has 1 aromatic carbocycles. The second kappa shape index (κ2) is 7.17. The van der Waals surface area contributed by atoms with Gasteiger partial charge < -0.3 is 24.3 Å². The van der Waals surface area contributed by atoms with E-state index in [0.29, 0.717) is 30.7 Å². The van der Waals surface area contributed by atoms with E-state index in [4.69, 9.17) is 13.9 Å². The minimum Gasteiger partial charge on any atom is -0.496 e. The number of nitrogens with one attached hydrogen (secondary N) is 1. The monoisotopic (exact) mass is 445 g/mol. The van der Waals surface area contributed by atoms with Crippen LogP contribution in [0.5, 0.6) is 5.75 Å². The van der Waals surface area contributed by atoms with Gasteiger partial charge in [-0.15, -0.1) is 0 Å². The fourth-order valence-corrected chi connectivity index (χ4v) is 6.21. The quantitative estimate of drug-likeness (QED) is 0.537. The molecule has 2 N–H and O–H groups in total. The Hall–Kier alpha value is -1.67. The highest BCUT2D eigenvalue weighted by atomic mass is 28.4. The Labute approximate surface area is 186 Å². The molecule has 31 heavy (non-hydrogen) atoms. The molecule has 4 atom stereocenters. The Bertz CT molecular complexity index is 936. The molecule has 6 nitrogen and oxygen atoms in total. The molecule has 0 saturated carbocycles. The van der Waals surface area contributed by atoms with Gasteiger partial charge in [0, 0.05) is 23.6 Å². The highest BCUT2D eigenvalue weighted by Gasteiger charge is 2.62. The largest absolute Gasteiger partial charge is 0.496 e. The van der Waals surface area contributed by atoms with Crippen LogP contribution in [0.2, 0.25) is 18.1 Å². The third-order valence-corrected chi connectivity index (χ3v) is 12.0. The first-order valence-corrected chi connectivity index (χ1v) is 14.0. The Balaban J connectivity index is 1.85. The SMILES string of the molecule is COc1cccc2c1[C@@H]1C[C@@](C)(O[C@]1(O)/C=C1/CCNC1=O)[C@@H]2O[Si](C)(C)C(C)(C)C. The summed E-state index contributed by atoms with van der Waals surface area (Å²) in [6.07, 6.45) is 2.45. The number of aliphatic hydroxyl groups is 1. The third kappa shape index (κ3) is 3.55. The molecule has 1 aromatic rings. The van der Waals surface area contributed by atoms with E-state index >= 15 is 0 Å². The van der Waals surface area contributed by atoms with E-state index in [2.05, 4.69) is 45.2 Å². The highest BCUT2D eigenvalue weighted by molar-refractivity contribution is 6.74. The summed E-state index contributed by atoms with van der Waals surface area (Å²) in [5, 5.41) is 14.6. The van der Waals surface area contributed by atoms with Gasteiger partial charge >= 0.3 is 0 Å². The average molecular weight is 446 g/mol. The van der Waals surface area contributed by atoms with E-state index in [1.165, 1.54) is 0 Å². The van der Waals surface area contributed by atoms with Gasteiger partial charge in [-0.05, 0) is 55.6 Å². The Morgan fingerprint density at radius 1 is 1.32 bits per heavy atom. The Morgan fingerprint density at radius 2 is 2.03 bits per heavy atom. The molecule has 7 heteroatoms. The fourth-order valence-electron chi connectivity index (χ4n) is 4.89. The number of fused-ring (bicyclic) bond motifs is 4. The van der Waals surface area contributed by atoms with E-state index in [9.17, 15) is 9.90 Å². The van der Waals surface area contributed by atoms with Crippen molar-refractivity contribution in [3.8, 4) is 5.75 Å². The van der Waals surface area contributed by atoms with E-state index in [1.807, 2.05) is 19.1 Å². The number of hydrogen-bond donors (Lipinski definition) is 2. The van der Waals surface area contributed by atoms with Gasteiger partial charge in [-0.1, -0.05) is 32.9 Å². The molecule has 0 unspecified atom stereocenters. The summed E-state index contributed by atoms with van der Waals surface area (Å²) in [6, 6.07) is 5.94. The summed E-state index contributed by atoms with van der Waals surface area (Å²) in [5.41, 5.74) is 1.77. The van der Waals surface area contributed by atoms with Crippen molar-refractivity contribution in [2.24, 2.45) is 0 Å². The Kier molecular flexibility index (Phi) is 5.21. The normalized spacial score (nSPS) is 34.1. The molecule has 2 saturated heterocycles. The minimum absolute atomic E-state index is 0.0259. The van der Waals surface area contributed by atoms with Gasteiger partial charge in [0.25, 0.3) is 0 Å². The topological polar surface area (TPSA) is 77.0 Å². The molecular weight excluding hydrogens is 410 g/mol. The van der Waals surface area contributed by atoms with Gasteiger partial charge in [0.05, 0.1) is 18.8 Å². The molecule has 170 valence electrons. The number of carbonyl (C=O) groups excluding carboxylic acids is 1. The molecule has 1 aliphatic carbocycles. The summed E-state index contributed by atoms with van der Waals surface area (Å²) in [4.78, 5) is 12.2. The number of hydrogen-bond acceptors (Lipinski definition) is 5. The number of ether oxygens (including phenoxy) is 2. The molecular formula is C24H35NO5Si. The van der Waals surface area contributed by atoms with Crippen molar-refractivity contribution in [1.29, 1.82) is 0 Å². The van der Waals surface area contributed by atoms with Crippen molar-refractivity contribution in [2.45, 2.75) is 82.1 Å². The van der Waals surface area contributed by atoms with Crippen LogP contribution in [-0.2, 0) is 14.0 Å². The van der Waals surface area contributed by atoms with Crippen molar-refractivity contribution < 1.29 is 23.8 Å². The van der Waals surface area contributed by atoms with Gasteiger partial charge in [0.2, 0.25) is 5.91 Å². The van der Waals surface area contributed by atoms with Gasteiger partial charge in [0.1, 0.15) is 5.75 Å². The van der Waals surface area contributed by atoms with Gasteiger partial charge in [-0.25, -0.2) is 0 Å². The zero-order valence-corrected chi connectivity index (χ0v) is 20.7. The minimum atomic E-state index is -2.15. The lowest BCUT2D eigenvalue weighted by atomic mass is 9.72. The van der Waals surface area contributed by atoms with Crippen molar-refractivity contribution in [3.05, 3.63) is 41.0 Å². The molecule has 0 radical (unpaired) electrons. The first kappa shape index (κ1) is 22.5. The van der Waals surface area contributed by atoms with Crippen molar-refractivity contribution in [1.82, 2.24) is 5.32 Å². The maximum absolute atomic E-state index is 12.2. The van der Waals surface area contributed by atoms with Crippen LogP contribution >= 0.6 is 0 Å². The summed E-state index contributed by atoms with van der Waals surface area (Å²) < 4.78 is 19.1. The van der Waals surface area contributed by atoms with Gasteiger partial charge in [-0.2, -0.15) is 0 Å². The van der Waals surface area contributed by atoms with E-state index in [1.54, 1.807) is 13.2 Å². The van der Waals surface area contributed by atoms with E-state index < -0.39 is 19.7 Å². The van der Waals surface area contributed by atoms with Crippen LogP contribution in [0.3, 0.4) is 0 Å². The van der Waals surface area contributed by atoms with Gasteiger partial charge in [0.15, 0.2) is 14.1 Å². The summed E-state index contributed by atoms with van der Waals surface area (Å²) in [6.45, 7) is 13.7. The van der Waals surface area contributed by atoms with Crippen LogP contribution in [0, 0.1) is 0 Å². The van der Waals surface area contributed by atoms with Crippen molar-refractivity contribution in [3.63, 3.8) is 0 Å². The molecule has 2 bridgehead atoms. The third-order valence-electron chi connectivity index (χ3n) is 7.58. The maximum Gasteiger partial charge on any atom is 0.247 e. The number of amides is 1. The summed E-state index contributed by atoms with van der Waals surface area (Å²) in [7, 11) is -0.506. The van der Waals surface area contributed by atoms with Crippen molar-refractivity contribution >= 4 is 14.2 Å². The van der Waals surface area contributed by atoms with Crippen LogP contribution in [0.25, 0.3) is 0 Å². The number of rotatable bonds is 4. The molecule has 4 rings (SSSR count). The van der Waals surface area contributed by atoms with E-state index in [-0.39, 0.29) is 23.0 Å². The number of carbonyl (C=O) groups is 1. The fraction of sp³-hybridized carbons (Fsp3) is 0.625. The Morgan fingerprint density at radius 3 is 2.61 bits per heavy atom. The molecule has 0 aromatic heterocycles. The zero-order chi connectivity index (χ0) is 22.8. The molecule has 2 heterocycles. The predicted octanol–water partition coefficient (Wildman–Crippen LogP) is 4.17. The molecule has 3 aliphatic rings. The summed E-state index contributed by atoms with van der Waals surface area (Å²) >= 11 is 0. The lowest BCUT2D eigenvalue weighted by Crippen LogP contribution is -2.48. The second-order valence-corrected chi connectivity index (χ2v) is 15.6. The van der Waals surface area contributed by atoms with E-state index in [0.717, 1.165) is 11.1 Å². The van der Waals surface area contributed by atoms with Crippen LogP contribution in [0.15, 0.2) is 29.8 Å². The number of benzene rings is 1. The van der Waals surface area contributed by atoms with Crippen LogP contribution in [-0.4, -0.2) is 44.4 Å². The van der Waals surface area contributed by atoms with Crippen LogP contribution in [0.1, 0.15) is 63.7 Å². The lowest BCUT2D eigenvalue weighted by Gasteiger charge is -2.45. The van der Waals surface area contributed by atoms with Gasteiger partial charge in [-0.3, -0.25) is 4.79 Å². The summed E-state index contributed by atoms with van der Waals surface area (Å²) in [5.74, 6) is -1.37. The van der Waals surface area contributed by atoms with Crippen molar-refractivity contribution in [2.75, 3.05) is 13.7 Å². The average Bonchev–Trinajstić information content (AvgIpc) is 3.16. The smallest absolute Gasteiger partial charge is 0.247 e. The standard InChI is InChI=1S/C24H35NO5Si/c1-22(2,3)31(6,7)29-20-16-9-8-10-18(28-5)19(16)17-14-23(20,4)30-24(17,27)13-15-11-12-25-21(15)26/h8-10,13,17,20,27H,11-12,14H2,1-7H3,(H,25,26)/b15-13-/t17-,20+,23+,24+/m0/s1. The molecule has 0 spiro atoms. The molecule has 2 aliphatic heterocycles. The number of methoxy groups -OCH3 is 1. The zero-order valence-electron chi connectivity index (χ0n) is 19.7. The van der Waals surface area contributed by atoms with Crippen LogP contribution < -0.4 is 10.1 Å².